The van der Waals surface area contributed by atoms with Crippen LogP contribution in [-0.2, 0) is 4.79 Å². The van der Waals surface area contributed by atoms with Crippen LogP contribution in [0, 0.1) is 10.1 Å². The van der Waals surface area contributed by atoms with Gasteiger partial charge in [0.2, 0.25) is 5.91 Å². The maximum absolute atomic E-state index is 12.5. The van der Waals surface area contributed by atoms with E-state index in [2.05, 4.69) is 0 Å². The van der Waals surface area contributed by atoms with Crippen molar-refractivity contribution in [3.05, 3.63) is 82.4 Å². The van der Waals surface area contributed by atoms with E-state index in [1.807, 2.05) is 42.5 Å². The average Bonchev–Trinajstić information content (AvgIpc) is 3.02. The van der Waals surface area contributed by atoms with Crippen molar-refractivity contribution in [1.82, 2.24) is 0 Å². The molecule has 1 heterocycles. The molecule has 6 heteroatoms. The van der Waals surface area contributed by atoms with Crippen molar-refractivity contribution in [3.63, 3.8) is 0 Å². The fourth-order valence-electron chi connectivity index (χ4n) is 3.12. The SMILES string of the molecule is O=C1CS[C@H](c2ccccc2[N+](=O)[O-])N1c1ccc2ccccc2c1. The van der Waals surface area contributed by atoms with Crippen LogP contribution in [0.5, 0.6) is 0 Å². The monoisotopic (exact) mass is 350 g/mol. The molecular formula is C19H14N2O3S. The number of thioether (sulfide) groups is 1. The fraction of sp³-hybridized carbons (Fsp3) is 0.105. The molecule has 0 spiro atoms. The molecule has 0 N–H and O–H groups in total. The highest BCUT2D eigenvalue weighted by molar-refractivity contribution is 8.00. The van der Waals surface area contributed by atoms with Crippen LogP contribution in [0.2, 0.25) is 0 Å². The van der Waals surface area contributed by atoms with Gasteiger partial charge in [0, 0.05) is 11.8 Å². The highest BCUT2D eigenvalue weighted by Crippen LogP contribution is 2.45. The summed E-state index contributed by atoms with van der Waals surface area (Å²) in [5.74, 6) is 0.271. The van der Waals surface area contributed by atoms with E-state index in [1.165, 1.54) is 17.8 Å². The summed E-state index contributed by atoms with van der Waals surface area (Å²) < 4.78 is 0. The second kappa shape index (κ2) is 6.22. The van der Waals surface area contributed by atoms with Gasteiger partial charge in [0.1, 0.15) is 5.37 Å². The zero-order chi connectivity index (χ0) is 17.4. The average molecular weight is 350 g/mol. The number of hydrogen-bond donors (Lipinski definition) is 0. The zero-order valence-corrected chi connectivity index (χ0v) is 14.0. The predicted octanol–water partition coefficient (Wildman–Crippen LogP) is 4.53. The number of anilines is 1. The molecule has 25 heavy (non-hydrogen) atoms. The number of para-hydroxylation sites is 1. The number of amides is 1. The molecule has 1 aliphatic heterocycles. The maximum atomic E-state index is 12.5. The number of benzene rings is 3. The van der Waals surface area contributed by atoms with E-state index in [0.29, 0.717) is 11.3 Å². The molecule has 5 nitrogen and oxygen atoms in total. The number of carbonyl (C=O) groups excluding carboxylic acids is 1. The summed E-state index contributed by atoms with van der Waals surface area (Å²) in [6.45, 7) is 0. The summed E-state index contributed by atoms with van der Waals surface area (Å²) in [6, 6.07) is 20.4. The number of nitro groups is 1. The van der Waals surface area contributed by atoms with E-state index in [-0.39, 0.29) is 11.6 Å². The molecule has 0 aromatic heterocycles. The second-order valence-corrected chi connectivity index (χ2v) is 6.84. The Kier molecular flexibility index (Phi) is 3.89. The molecule has 0 radical (unpaired) electrons. The van der Waals surface area contributed by atoms with Crippen LogP contribution in [0.25, 0.3) is 10.8 Å². The largest absolute Gasteiger partial charge is 0.295 e. The Morgan fingerprint density at radius 1 is 1.00 bits per heavy atom. The molecule has 1 fully saturated rings. The van der Waals surface area contributed by atoms with Crippen molar-refractivity contribution in [2.24, 2.45) is 0 Å². The molecule has 0 saturated carbocycles. The van der Waals surface area contributed by atoms with Crippen molar-refractivity contribution < 1.29 is 9.72 Å². The first-order chi connectivity index (χ1) is 12.1. The molecule has 0 unspecified atom stereocenters. The van der Waals surface area contributed by atoms with Gasteiger partial charge in [0.05, 0.1) is 16.2 Å². The minimum atomic E-state index is -0.393. The van der Waals surface area contributed by atoms with E-state index in [9.17, 15) is 14.9 Å². The van der Waals surface area contributed by atoms with Crippen LogP contribution < -0.4 is 4.90 Å². The summed E-state index contributed by atoms with van der Waals surface area (Å²) >= 11 is 1.42. The molecule has 1 aliphatic rings. The summed E-state index contributed by atoms with van der Waals surface area (Å²) in [5.41, 5.74) is 1.36. The lowest BCUT2D eigenvalue weighted by atomic mass is 10.1. The van der Waals surface area contributed by atoms with Gasteiger partial charge in [-0.1, -0.05) is 42.5 Å². The van der Waals surface area contributed by atoms with Gasteiger partial charge in [-0.25, -0.2) is 0 Å². The van der Waals surface area contributed by atoms with Crippen molar-refractivity contribution in [3.8, 4) is 0 Å². The lowest BCUT2D eigenvalue weighted by Gasteiger charge is -2.24. The Morgan fingerprint density at radius 2 is 1.72 bits per heavy atom. The molecule has 1 atom stereocenters. The normalized spacial score (nSPS) is 17.2. The van der Waals surface area contributed by atoms with Crippen LogP contribution in [0.15, 0.2) is 66.7 Å². The Bertz CT molecular complexity index is 989. The Morgan fingerprint density at radius 3 is 2.52 bits per heavy atom. The van der Waals surface area contributed by atoms with Gasteiger partial charge in [-0.15, -0.1) is 11.8 Å². The lowest BCUT2D eigenvalue weighted by molar-refractivity contribution is -0.385. The maximum Gasteiger partial charge on any atom is 0.275 e. The minimum Gasteiger partial charge on any atom is -0.295 e. The first kappa shape index (κ1) is 15.7. The van der Waals surface area contributed by atoms with Crippen LogP contribution in [0.4, 0.5) is 11.4 Å². The number of carbonyl (C=O) groups is 1. The lowest BCUT2D eigenvalue weighted by Crippen LogP contribution is -2.28. The summed E-state index contributed by atoms with van der Waals surface area (Å²) in [6.07, 6.45) is 0. The molecule has 3 aromatic carbocycles. The van der Waals surface area contributed by atoms with E-state index in [1.54, 1.807) is 23.1 Å². The second-order valence-electron chi connectivity index (χ2n) is 5.77. The van der Waals surface area contributed by atoms with E-state index in [4.69, 9.17) is 0 Å². The highest BCUT2D eigenvalue weighted by atomic mass is 32.2. The predicted molar refractivity (Wildman–Crippen MR) is 99.7 cm³/mol. The molecule has 124 valence electrons. The van der Waals surface area contributed by atoms with Crippen LogP contribution in [0.3, 0.4) is 0 Å². The van der Waals surface area contributed by atoms with Gasteiger partial charge in [-0.2, -0.15) is 0 Å². The molecule has 0 bridgehead atoms. The topological polar surface area (TPSA) is 63.4 Å². The molecule has 1 saturated heterocycles. The Balaban J connectivity index is 1.81. The fourth-order valence-corrected chi connectivity index (χ4v) is 4.33. The smallest absolute Gasteiger partial charge is 0.275 e. The first-order valence-corrected chi connectivity index (χ1v) is 8.86. The van der Waals surface area contributed by atoms with E-state index >= 15 is 0 Å². The highest BCUT2D eigenvalue weighted by Gasteiger charge is 2.37. The van der Waals surface area contributed by atoms with Crippen molar-refractivity contribution in [1.29, 1.82) is 0 Å². The first-order valence-electron chi connectivity index (χ1n) is 7.81. The van der Waals surface area contributed by atoms with Crippen LogP contribution >= 0.6 is 11.8 Å². The van der Waals surface area contributed by atoms with Gasteiger partial charge >= 0.3 is 0 Å². The van der Waals surface area contributed by atoms with Crippen LogP contribution in [-0.4, -0.2) is 16.6 Å². The van der Waals surface area contributed by atoms with Crippen molar-refractivity contribution in [2.75, 3.05) is 10.7 Å². The van der Waals surface area contributed by atoms with Gasteiger partial charge < -0.3 is 0 Å². The Hall–Kier alpha value is -2.86. The third-order valence-electron chi connectivity index (χ3n) is 4.28. The standard InChI is InChI=1S/C19H14N2O3S/c22-18-12-25-19(16-7-3-4-8-17(16)21(23)24)20(18)15-10-9-13-5-1-2-6-14(13)11-15/h1-11,19H,12H2/t19-/m1/s1. The van der Waals surface area contributed by atoms with Gasteiger partial charge in [0.15, 0.2) is 0 Å². The zero-order valence-electron chi connectivity index (χ0n) is 13.2. The molecule has 1 amide bonds. The third kappa shape index (κ3) is 2.74. The van der Waals surface area contributed by atoms with Gasteiger partial charge in [-0.3, -0.25) is 19.8 Å². The van der Waals surface area contributed by atoms with Crippen LogP contribution in [0.1, 0.15) is 10.9 Å². The van der Waals surface area contributed by atoms with E-state index in [0.717, 1.165) is 16.5 Å². The minimum absolute atomic E-state index is 0.0385. The summed E-state index contributed by atoms with van der Waals surface area (Å²) in [4.78, 5) is 25.2. The molecule has 3 aromatic rings. The summed E-state index contributed by atoms with van der Waals surface area (Å²) in [7, 11) is 0. The van der Waals surface area contributed by atoms with Gasteiger partial charge in [0.25, 0.3) is 5.69 Å². The van der Waals surface area contributed by atoms with Crippen molar-refractivity contribution in [2.45, 2.75) is 5.37 Å². The quantitative estimate of drug-likeness (QED) is 0.514. The number of nitrogens with zero attached hydrogens (tertiary/aromatic N) is 2. The van der Waals surface area contributed by atoms with E-state index < -0.39 is 10.3 Å². The number of rotatable bonds is 3. The van der Waals surface area contributed by atoms with Gasteiger partial charge in [-0.05, 0) is 29.0 Å². The third-order valence-corrected chi connectivity index (χ3v) is 5.47. The number of nitro benzene ring substituents is 1. The van der Waals surface area contributed by atoms with Crippen molar-refractivity contribution >= 4 is 39.8 Å². The number of fused-ring (bicyclic) bond motifs is 1. The Labute approximate surface area is 148 Å². The molecule has 0 aliphatic carbocycles. The number of hydrogen-bond acceptors (Lipinski definition) is 4. The summed E-state index contributed by atoms with van der Waals surface area (Å²) in [5, 5.41) is 13.1. The molecular weight excluding hydrogens is 336 g/mol. The molecule has 4 rings (SSSR count).